The lowest BCUT2D eigenvalue weighted by molar-refractivity contribution is -0.126. The van der Waals surface area contributed by atoms with E-state index in [1.807, 2.05) is 0 Å². The molecule has 0 aliphatic carbocycles. The lowest BCUT2D eigenvalue weighted by Crippen LogP contribution is -2.46. The summed E-state index contributed by atoms with van der Waals surface area (Å²) in [5, 5.41) is 3.11. The molecule has 3 saturated heterocycles. The zero-order chi connectivity index (χ0) is 17.9. The van der Waals surface area contributed by atoms with Crippen LogP contribution < -0.4 is 5.32 Å². The van der Waals surface area contributed by atoms with Crippen LogP contribution in [0.5, 0.6) is 0 Å². The number of sulfonamides is 1. The van der Waals surface area contributed by atoms with Gasteiger partial charge in [0.15, 0.2) is 0 Å². The van der Waals surface area contributed by atoms with Crippen LogP contribution in [-0.2, 0) is 19.6 Å². The molecular weight excluding hydrogens is 342 g/mol. The second kappa shape index (κ2) is 8.33. The van der Waals surface area contributed by atoms with Crippen molar-refractivity contribution in [1.82, 2.24) is 14.5 Å². The average Bonchev–Trinajstić information content (AvgIpc) is 3.14. The summed E-state index contributed by atoms with van der Waals surface area (Å²) in [4.78, 5) is 14.9. The Morgan fingerprint density at radius 1 is 1.08 bits per heavy atom. The van der Waals surface area contributed by atoms with Crippen molar-refractivity contribution in [2.45, 2.75) is 38.1 Å². The van der Waals surface area contributed by atoms with Crippen molar-refractivity contribution >= 4 is 15.9 Å². The minimum atomic E-state index is -3.13. The first-order chi connectivity index (χ1) is 11.9. The van der Waals surface area contributed by atoms with Gasteiger partial charge in [0.2, 0.25) is 15.9 Å². The number of hydrogen-bond donors (Lipinski definition) is 1. The quantitative estimate of drug-likeness (QED) is 0.749. The summed E-state index contributed by atoms with van der Waals surface area (Å²) < 4.78 is 30.0. The molecule has 1 amide bonds. The molecule has 3 fully saturated rings. The predicted molar refractivity (Wildman–Crippen MR) is 95.7 cm³/mol. The van der Waals surface area contributed by atoms with Crippen molar-refractivity contribution in [2.24, 2.45) is 11.8 Å². The highest BCUT2D eigenvalue weighted by Gasteiger charge is 2.30. The van der Waals surface area contributed by atoms with Crippen LogP contribution in [0, 0.1) is 11.8 Å². The molecule has 0 saturated carbocycles. The predicted octanol–water partition coefficient (Wildman–Crippen LogP) is 0.275. The topological polar surface area (TPSA) is 79.0 Å². The molecule has 0 spiro atoms. The number of rotatable bonds is 5. The lowest BCUT2D eigenvalue weighted by Gasteiger charge is -2.35. The van der Waals surface area contributed by atoms with Crippen molar-refractivity contribution in [3.8, 4) is 0 Å². The van der Waals surface area contributed by atoms with Crippen molar-refractivity contribution in [3.63, 3.8) is 0 Å². The summed E-state index contributed by atoms with van der Waals surface area (Å²) in [5.41, 5.74) is 0. The van der Waals surface area contributed by atoms with E-state index in [4.69, 9.17) is 4.74 Å². The molecule has 0 unspecified atom stereocenters. The van der Waals surface area contributed by atoms with Gasteiger partial charge in [-0.1, -0.05) is 0 Å². The van der Waals surface area contributed by atoms with Crippen LogP contribution in [0.3, 0.4) is 0 Å². The highest BCUT2D eigenvalue weighted by Crippen LogP contribution is 2.23. The number of carbonyl (C=O) groups is 1. The van der Waals surface area contributed by atoms with Gasteiger partial charge in [-0.25, -0.2) is 12.7 Å². The third-order valence-corrected chi connectivity index (χ3v) is 7.23. The van der Waals surface area contributed by atoms with E-state index in [1.54, 1.807) is 0 Å². The molecule has 1 atom stereocenters. The number of likely N-dealkylation sites (tertiary alicyclic amines) is 1. The zero-order valence-electron chi connectivity index (χ0n) is 15.2. The van der Waals surface area contributed by atoms with E-state index < -0.39 is 10.0 Å². The van der Waals surface area contributed by atoms with Crippen LogP contribution in [0.1, 0.15) is 32.1 Å². The minimum Gasteiger partial charge on any atom is -0.380 e. The van der Waals surface area contributed by atoms with Gasteiger partial charge in [0.05, 0.1) is 12.9 Å². The Kier molecular flexibility index (Phi) is 6.35. The van der Waals surface area contributed by atoms with E-state index in [0.29, 0.717) is 37.9 Å². The molecule has 1 N–H and O–H groups in total. The Hall–Kier alpha value is -0.700. The fourth-order valence-electron chi connectivity index (χ4n) is 4.17. The van der Waals surface area contributed by atoms with Crippen molar-refractivity contribution in [2.75, 3.05) is 52.2 Å². The van der Waals surface area contributed by atoms with Crippen LogP contribution in [-0.4, -0.2) is 81.8 Å². The number of piperidine rings is 2. The van der Waals surface area contributed by atoms with E-state index in [0.717, 1.165) is 52.1 Å². The highest BCUT2D eigenvalue weighted by molar-refractivity contribution is 7.88. The third-order valence-electron chi connectivity index (χ3n) is 5.93. The molecule has 0 aromatic rings. The van der Waals surface area contributed by atoms with Crippen LogP contribution in [0.4, 0.5) is 0 Å². The summed E-state index contributed by atoms with van der Waals surface area (Å²) in [6.45, 7) is 5.62. The van der Waals surface area contributed by atoms with Crippen molar-refractivity contribution in [1.29, 1.82) is 0 Å². The first kappa shape index (κ1) is 19.1. The smallest absolute Gasteiger partial charge is 0.223 e. The van der Waals surface area contributed by atoms with Gasteiger partial charge in [-0.2, -0.15) is 0 Å². The largest absolute Gasteiger partial charge is 0.380 e. The third kappa shape index (κ3) is 5.15. The lowest BCUT2D eigenvalue weighted by atomic mass is 9.94. The van der Waals surface area contributed by atoms with Gasteiger partial charge in [-0.05, 0) is 51.1 Å². The van der Waals surface area contributed by atoms with E-state index in [2.05, 4.69) is 10.2 Å². The van der Waals surface area contributed by atoms with Gasteiger partial charge in [-0.15, -0.1) is 0 Å². The van der Waals surface area contributed by atoms with E-state index in [-0.39, 0.29) is 11.8 Å². The number of nitrogens with one attached hydrogen (secondary N) is 1. The Labute approximate surface area is 151 Å². The summed E-state index contributed by atoms with van der Waals surface area (Å²) in [6.07, 6.45) is 5.88. The summed E-state index contributed by atoms with van der Waals surface area (Å²) in [6, 6.07) is 0.593. The average molecular weight is 374 g/mol. The van der Waals surface area contributed by atoms with Gasteiger partial charge in [0.25, 0.3) is 0 Å². The standard InChI is InChI=1S/C17H31N3O4S/c1-25(22,23)20-9-4-15(5-10-20)17(21)18-12-14-2-7-19(8-3-14)16-6-11-24-13-16/h14-16H,2-13H2,1H3,(H,18,21)/t16-/m1/s1. The van der Waals surface area contributed by atoms with Crippen molar-refractivity contribution in [3.05, 3.63) is 0 Å². The normalized spacial score (nSPS) is 28.3. The van der Waals surface area contributed by atoms with Gasteiger partial charge in [0.1, 0.15) is 0 Å². The van der Waals surface area contributed by atoms with Crippen LogP contribution >= 0.6 is 0 Å². The first-order valence-electron chi connectivity index (χ1n) is 9.48. The SMILES string of the molecule is CS(=O)(=O)N1CCC(C(=O)NCC2CCN([C@@H]3CCOC3)CC2)CC1. The molecule has 3 aliphatic heterocycles. The Morgan fingerprint density at radius 3 is 2.32 bits per heavy atom. The van der Waals surface area contributed by atoms with Crippen LogP contribution in [0.15, 0.2) is 0 Å². The number of ether oxygens (including phenoxy) is 1. The van der Waals surface area contributed by atoms with Gasteiger partial charge >= 0.3 is 0 Å². The molecule has 0 aromatic carbocycles. The monoisotopic (exact) mass is 373 g/mol. The summed E-state index contributed by atoms with van der Waals surface area (Å²) in [5.74, 6) is 0.604. The highest BCUT2D eigenvalue weighted by atomic mass is 32.2. The van der Waals surface area contributed by atoms with E-state index >= 15 is 0 Å². The van der Waals surface area contributed by atoms with Crippen LogP contribution in [0.2, 0.25) is 0 Å². The second-order valence-electron chi connectivity index (χ2n) is 7.68. The number of amides is 1. The summed E-state index contributed by atoms with van der Waals surface area (Å²) >= 11 is 0. The van der Waals surface area contributed by atoms with Gasteiger partial charge in [0, 0.05) is 38.2 Å². The Bertz CT molecular complexity index is 546. The molecule has 25 heavy (non-hydrogen) atoms. The maximum atomic E-state index is 12.4. The first-order valence-corrected chi connectivity index (χ1v) is 11.3. The molecule has 0 radical (unpaired) electrons. The molecule has 0 aromatic heterocycles. The second-order valence-corrected chi connectivity index (χ2v) is 9.66. The molecule has 3 aliphatic rings. The van der Waals surface area contributed by atoms with Crippen LogP contribution in [0.25, 0.3) is 0 Å². The number of carbonyl (C=O) groups excluding carboxylic acids is 1. The maximum absolute atomic E-state index is 12.4. The molecule has 144 valence electrons. The zero-order valence-corrected chi connectivity index (χ0v) is 16.0. The Morgan fingerprint density at radius 2 is 1.76 bits per heavy atom. The molecule has 0 bridgehead atoms. The fourth-order valence-corrected chi connectivity index (χ4v) is 5.05. The minimum absolute atomic E-state index is 0.0475. The molecule has 3 rings (SSSR count). The molecule has 7 nitrogen and oxygen atoms in total. The maximum Gasteiger partial charge on any atom is 0.223 e. The van der Waals surface area contributed by atoms with E-state index in [9.17, 15) is 13.2 Å². The number of nitrogens with zero attached hydrogens (tertiary/aromatic N) is 2. The molecule has 3 heterocycles. The van der Waals surface area contributed by atoms with Gasteiger partial charge < -0.3 is 10.1 Å². The molecule has 8 heteroatoms. The molecular formula is C17H31N3O4S. The Balaban J connectivity index is 1.34. The van der Waals surface area contributed by atoms with Gasteiger partial charge in [-0.3, -0.25) is 9.69 Å². The number of hydrogen-bond acceptors (Lipinski definition) is 5. The fraction of sp³-hybridized carbons (Fsp3) is 0.941. The summed E-state index contributed by atoms with van der Waals surface area (Å²) in [7, 11) is -3.13. The van der Waals surface area contributed by atoms with E-state index in [1.165, 1.54) is 10.6 Å². The van der Waals surface area contributed by atoms with Crippen molar-refractivity contribution < 1.29 is 17.9 Å².